The molecule has 100 valence electrons. The van der Waals surface area contributed by atoms with Crippen LogP contribution in [0.1, 0.15) is 17.2 Å². The Hall–Kier alpha value is -1.94. The van der Waals surface area contributed by atoms with Crippen molar-refractivity contribution in [3.05, 3.63) is 65.2 Å². The molecule has 4 heteroatoms. The zero-order valence-corrected chi connectivity index (χ0v) is 10.6. The third-order valence-corrected chi connectivity index (χ3v) is 2.98. The Morgan fingerprint density at radius 1 is 1.11 bits per heavy atom. The highest BCUT2D eigenvalue weighted by Gasteiger charge is 2.12. The highest BCUT2D eigenvalue weighted by molar-refractivity contribution is 5.30. The molecule has 0 spiro atoms. The lowest BCUT2D eigenvalue weighted by Gasteiger charge is -2.13. The molecule has 19 heavy (non-hydrogen) atoms. The molecular formula is C15H15F2NO. The molecule has 2 nitrogen and oxygen atoms in total. The maximum absolute atomic E-state index is 13.6. The molecule has 0 aliphatic heterocycles. The maximum Gasteiger partial charge on any atom is 0.130 e. The van der Waals surface area contributed by atoms with Crippen LogP contribution in [0.25, 0.3) is 0 Å². The number of halogens is 2. The second kappa shape index (κ2) is 5.80. The molecule has 0 saturated carbocycles. The van der Waals surface area contributed by atoms with Crippen LogP contribution in [-0.2, 0) is 6.42 Å². The van der Waals surface area contributed by atoms with E-state index in [4.69, 9.17) is 10.5 Å². The number of benzene rings is 2. The Bertz CT molecular complexity index is 555. The fourth-order valence-corrected chi connectivity index (χ4v) is 1.93. The van der Waals surface area contributed by atoms with E-state index in [0.717, 1.165) is 17.4 Å². The van der Waals surface area contributed by atoms with Crippen LogP contribution in [0.5, 0.6) is 5.75 Å². The molecule has 0 aromatic heterocycles. The van der Waals surface area contributed by atoms with E-state index in [9.17, 15) is 8.78 Å². The SMILES string of the molecule is COc1ccc(CC(N)c2ccc(F)cc2F)cc1. The predicted octanol–water partition coefficient (Wildman–Crippen LogP) is 3.22. The third kappa shape index (κ3) is 3.29. The fourth-order valence-electron chi connectivity index (χ4n) is 1.93. The minimum absolute atomic E-state index is 0.317. The lowest BCUT2D eigenvalue weighted by molar-refractivity contribution is 0.414. The fraction of sp³-hybridized carbons (Fsp3) is 0.200. The van der Waals surface area contributed by atoms with Crippen LogP contribution in [0, 0.1) is 11.6 Å². The maximum atomic E-state index is 13.6. The molecule has 1 unspecified atom stereocenters. The zero-order valence-electron chi connectivity index (χ0n) is 10.6. The molecule has 0 radical (unpaired) electrons. The van der Waals surface area contributed by atoms with Crippen molar-refractivity contribution in [3.8, 4) is 5.75 Å². The molecule has 0 aliphatic rings. The van der Waals surface area contributed by atoms with Gasteiger partial charge in [0.05, 0.1) is 7.11 Å². The first-order chi connectivity index (χ1) is 9.10. The van der Waals surface area contributed by atoms with Gasteiger partial charge < -0.3 is 10.5 Å². The summed E-state index contributed by atoms with van der Waals surface area (Å²) in [4.78, 5) is 0. The van der Waals surface area contributed by atoms with Crippen LogP contribution in [0.15, 0.2) is 42.5 Å². The van der Waals surface area contributed by atoms with E-state index in [1.807, 2.05) is 24.3 Å². The van der Waals surface area contributed by atoms with Crippen molar-refractivity contribution in [1.29, 1.82) is 0 Å². The smallest absolute Gasteiger partial charge is 0.130 e. The third-order valence-electron chi connectivity index (χ3n) is 2.98. The number of hydrogen-bond acceptors (Lipinski definition) is 2. The molecule has 2 aromatic rings. The van der Waals surface area contributed by atoms with E-state index in [0.29, 0.717) is 12.0 Å². The number of rotatable bonds is 4. The molecule has 0 fully saturated rings. The van der Waals surface area contributed by atoms with Gasteiger partial charge in [0.25, 0.3) is 0 Å². The van der Waals surface area contributed by atoms with E-state index < -0.39 is 17.7 Å². The normalized spacial score (nSPS) is 12.2. The lowest BCUT2D eigenvalue weighted by atomic mass is 9.99. The van der Waals surface area contributed by atoms with Gasteiger partial charge in [0.15, 0.2) is 0 Å². The Kier molecular flexibility index (Phi) is 4.12. The van der Waals surface area contributed by atoms with Crippen molar-refractivity contribution < 1.29 is 13.5 Å². The van der Waals surface area contributed by atoms with Crippen molar-refractivity contribution in [2.24, 2.45) is 5.73 Å². The van der Waals surface area contributed by atoms with E-state index in [1.54, 1.807) is 7.11 Å². The Labute approximate surface area is 110 Å². The summed E-state index contributed by atoms with van der Waals surface area (Å²) in [5.41, 5.74) is 7.24. The summed E-state index contributed by atoms with van der Waals surface area (Å²) >= 11 is 0. The molecule has 2 aromatic carbocycles. The van der Waals surface area contributed by atoms with Crippen LogP contribution < -0.4 is 10.5 Å². The minimum atomic E-state index is -0.610. The second-order valence-electron chi connectivity index (χ2n) is 4.32. The summed E-state index contributed by atoms with van der Waals surface area (Å²) in [6.07, 6.45) is 0.479. The first-order valence-electron chi connectivity index (χ1n) is 5.93. The first kappa shape index (κ1) is 13.5. The van der Waals surface area contributed by atoms with Gasteiger partial charge in [0.2, 0.25) is 0 Å². The number of hydrogen-bond donors (Lipinski definition) is 1. The van der Waals surface area contributed by atoms with Gasteiger partial charge in [-0.15, -0.1) is 0 Å². The van der Waals surface area contributed by atoms with Gasteiger partial charge in [0.1, 0.15) is 17.4 Å². The van der Waals surface area contributed by atoms with Crippen molar-refractivity contribution in [1.82, 2.24) is 0 Å². The van der Waals surface area contributed by atoms with Crippen LogP contribution in [0.4, 0.5) is 8.78 Å². The van der Waals surface area contributed by atoms with Gasteiger partial charge in [-0.05, 0) is 30.2 Å². The van der Waals surface area contributed by atoms with Crippen LogP contribution in [0.3, 0.4) is 0 Å². The molecular weight excluding hydrogens is 248 g/mol. The Morgan fingerprint density at radius 2 is 1.79 bits per heavy atom. The largest absolute Gasteiger partial charge is 0.497 e. The van der Waals surface area contributed by atoms with Gasteiger partial charge in [-0.2, -0.15) is 0 Å². The van der Waals surface area contributed by atoms with Crippen molar-refractivity contribution in [2.75, 3.05) is 7.11 Å². The molecule has 0 amide bonds. The first-order valence-corrected chi connectivity index (χ1v) is 5.93. The van der Waals surface area contributed by atoms with Gasteiger partial charge in [-0.1, -0.05) is 18.2 Å². The number of methoxy groups -OCH3 is 1. The van der Waals surface area contributed by atoms with Gasteiger partial charge in [-0.3, -0.25) is 0 Å². The predicted molar refractivity (Wildman–Crippen MR) is 70.0 cm³/mol. The monoisotopic (exact) mass is 263 g/mol. The molecule has 1 atom stereocenters. The topological polar surface area (TPSA) is 35.2 Å². The summed E-state index contributed by atoms with van der Waals surface area (Å²) in [7, 11) is 1.59. The Balaban J connectivity index is 2.13. The van der Waals surface area contributed by atoms with Crippen molar-refractivity contribution in [2.45, 2.75) is 12.5 Å². The summed E-state index contributed by atoms with van der Waals surface area (Å²) in [5.74, 6) is -0.454. The second-order valence-corrected chi connectivity index (χ2v) is 4.32. The van der Waals surface area contributed by atoms with Gasteiger partial charge >= 0.3 is 0 Å². The molecule has 0 aliphatic carbocycles. The standard InChI is InChI=1S/C15H15F2NO/c1-19-12-5-2-10(3-6-12)8-15(18)13-7-4-11(16)9-14(13)17/h2-7,9,15H,8,18H2,1H3. The highest BCUT2D eigenvalue weighted by Crippen LogP contribution is 2.21. The van der Waals surface area contributed by atoms with Crippen molar-refractivity contribution >= 4 is 0 Å². The highest BCUT2D eigenvalue weighted by atomic mass is 19.1. The van der Waals surface area contributed by atoms with E-state index in [-0.39, 0.29) is 0 Å². The summed E-state index contributed by atoms with van der Waals surface area (Å²) in [6, 6.07) is 10.3. The summed E-state index contributed by atoms with van der Waals surface area (Å²) in [5, 5.41) is 0. The molecule has 0 heterocycles. The van der Waals surface area contributed by atoms with Crippen LogP contribution in [0.2, 0.25) is 0 Å². The zero-order chi connectivity index (χ0) is 13.8. The average Bonchev–Trinajstić information content (AvgIpc) is 2.39. The van der Waals surface area contributed by atoms with Crippen LogP contribution in [-0.4, -0.2) is 7.11 Å². The van der Waals surface area contributed by atoms with E-state index >= 15 is 0 Å². The average molecular weight is 263 g/mol. The van der Waals surface area contributed by atoms with Gasteiger partial charge in [0, 0.05) is 17.7 Å². The van der Waals surface area contributed by atoms with Gasteiger partial charge in [-0.25, -0.2) is 8.78 Å². The van der Waals surface area contributed by atoms with Crippen molar-refractivity contribution in [3.63, 3.8) is 0 Å². The van der Waals surface area contributed by atoms with E-state index in [2.05, 4.69) is 0 Å². The quantitative estimate of drug-likeness (QED) is 0.919. The Morgan fingerprint density at radius 3 is 2.37 bits per heavy atom. The molecule has 0 saturated heterocycles. The molecule has 0 bridgehead atoms. The number of ether oxygens (including phenoxy) is 1. The molecule has 2 rings (SSSR count). The minimum Gasteiger partial charge on any atom is -0.497 e. The summed E-state index contributed by atoms with van der Waals surface area (Å²) < 4.78 is 31.5. The molecule has 2 N–H and O–H groups in total. The summed E-state index contributed by atoms with van der Waals surface area (Å²) in [6.45, 7) is 0. The van der Waals surface area contributed by atoms with Crippen LogP contribution >= 0.6 is 0 Å². The number of nitrogens with two attached hydrogens (primary N) is 1. The van der Waals surface area contributed by atoms with E-state index in [1.165, 1.54) is 12.1 Å². The lowest BCUT2D eigenvalue weighted by Crippen LogP contribution is -2.15.